The number of aliphatic hydroxyl groups is 1. The van der Waals surface area contributed by atoms with E-state index in [2.05, 4.69) is 110 Å². The van der Waals surface area contributed by atoms with Crippen LogP contribution in [0.3, 0.4) is 0 Å². The molecule has 0 amide bonds. The number of thioether (sulfide) groups is 1. The van der Waals surface area contributed by atoms with Gasteiger partial charge in [-0.2, -0.15) is 0 Å². The van der Waals surface area contributed by atoms with Crippen LogP contribution in [-0.2, 0) is 4.74 Å². The molecule has 184 valence electrons. The summed E-state index contributed by atoms with van der Waals surface area (Å²) < 4.78 is 5.95. The summed E-state index contributed by atoms with van der Waals surface area (Å²) >= 11 is 1.68. The summed E-state index contributed by atoms with van der Waals surface area (Å²) in [6, 6.07) is 21.4. The van der Waals surface area contributed by atoms with Gasteiger partial charge in [-0.15, -0.1) is 24.8 Å². The molecular weight excluding hydrogens is 475 g/mol. The number of ether oxygens (including phenoxy) is 1. The van der Waals surface area contributed by atoms with Crippen molar-refractivity contribution in [2.75, 3.05) is 26.7 Å². The topological polar surface area (TPSA) is 44.7 Å². The molecule has 0 saturated heterocycles. The molecule has 4 nitrogen and oxygen atoms in total. The van der Waals surface area contributed by atoms with E-state index in [0.717, 1.165) is 13.0 Å². The normalized spacial score (nSPS) is 18.8. The summed E-state index contributed by atoms with van der Waals surface area (Å²) in [5, 5.41) is 16.1. The van der Waals surface area contributed by atoms with Gasteiger partial charge in [0.05, 0.1) is 18.8 Å². The molecule has 2 aromatic carbocycles. The van der Waals surface area contributed by atoms with E-state index in [1.54, 1.807) is 11.8 Å². The zero-order valence-electron chi connectivity index (χ0n) is 19.9. The average Bonchev–Trinajstić information content (AvgIpc) is 3.19. The van der Waals surface area contributed by atoms with Crippen LogP contribution in [0.15, 0.2) is 72.1 Å². The highest BCUT2D eigenvalue weighted by atomic mass is 35.5. The van der Waals surface area contributed by atoms with Gasteiger partial charge < -0.3 is 15.2 Å². The molecule has 0 aromatic heterocycles. The van der Waals surface area contributed by atoms with Crippen LogP contribution in [0, 0.1) is 0 Å². The molecule has 0 saturated carbocycles. The molecule has 1 aliphatic heterocycles. The van der Waals surface area contributed by atoms with Crippen LogP contribution in [0.5, 0.6) is 0 Å². The van der Waals surface area contributed by atoms with E-state index in [1.807, 2.05) is 0 Å². The number of β-amino-alcohol motifs (C(OH)–C–C–N with tert-alkyl or cyclic N) is 1. The van der Waals surface area contributed by atoms with Crippen molar-refractivity contribution < 1.29 is 9.84 Å². The molecule has 0 radical (unpaired) electrons. The highest BCUT2D eigenvalue weighted by Crippen LogP contribution is 2.37. The van der Waals surface area contributed by atoms with Gasteiger partial charge in [0.25, 0.3) is 0 Å². The number of benzene rings is 2. The highest BCUT2D eigenvalue weighted by Gasteiger charge is 2.29. The minimum absolute atomic E-state index is 0. The zero-order valence-corrected chi connectivity index (χ0v) is 22.4. The molecule has 3 rings (SSSR count). The Morgan fingerprint density at radius 2 is 1.61 bits per heavy atom. The monoisotopic (exact) mass is 512 g/mol. The molecule has 0 aliphatic carbocycles. The van der Waals surface area contributed by atoms with E-state index in [1.165, 1.54) is 11.1 Å². The van der Waals surface area contributed by atoms with E-state index in [4.69, 9.17) is 4.74 Å². The Labute approximate surface area is 216 Å². The smallest absolute Gasteiger partial charge is 0.118 e. The fourth-order valence-electron chi connectivity index (χ4n) is 4.06. The summed E-state index contributed by atoms with van der Waals surface area (Å²) in [7, 11) is 2.17. The molecule has 2 atom stereocenters. The van der Waals surface area contributed by atoms with Gasteiger partial charge in [0.15, 0.2) is 0 Å². The van der Waals surface area contributed by atoms with Gasteiger partial charge in [0.1, 0.15) is 4.93 Å². The molecule has 1 heterocycles. The Bertz CT molecular complexity index is 789. The molecule has 0 fully saturated rings. The Morgan fingerprint density at radius 1 is 1.06 bits per heavy atom. The summed E-state index contributed by atoms with van der Waals surface area (Å²) in [6.45, 7) is 8.10. The van der Waals surface area contributed by atoms with Crippen LogP contribution in [0.25, 0.3) is 0 Å². The zero-order chi connectivity index (χ0) is 22.3. The Hall–Kier alpha value is -1.05. The van der Waals surface area contributed by atoms with E-state index < -0.39 is 6.10 Å². The quantitative estimate of drug-likeness (QED) is 0.406. The van der Waals surface area contributed by atoms with Gasteiger partial charge in [0, 0.05) is 25.0 Å². The van der Waals surface area contributed by atoms with Crippen molar-refractivity contribution in [2.45, 2.75) is 49.8 Å². The maximum atomic E-state index is 10.5. The number of nitrogens with zero attached hydrogens (tertiary/aromatic N) is 1. The maximum Gasteiger partial charge on any atom is 0.118 e. The van der Waals surface area contributed by atoms with Crippen molar-refractivity contribution in [3.63, 3.8) is 0 Å². The van der Waals surface area contributed by atoms with Crippen molar-refractivity contribution in [3.8, 4) is 0 Å². The molecule has 2 N–H and O–H groups in total. The standard InChI is InChI=1S/C26H36N2O2S.2ClH/c1-25(2,27-18-23(29)19-30-26(3)16-11-17-31-26)20-28(4)24(21-12-7-5-8-13-21)22-14-9-6-10-15-22;;/h5-15,17,23-24,27,29H,16,18-20H2,1-4H3;2*1H. The molecule has 0 spiro atoms. The number of nitrogens with one attached hydrogen (secondary N) is 1. The first-order chi connectivity index (χ1) is 14.8. The van der Waals surface area contributed by atoms with E-state index in [0.29, 0.717) is 13.2 Å². The van der Waals surface area contributed by atoms with Crippen molar-refractivity contribution in [1.29, 1.82) is 0 Å². The number of hydrogen-bond acceptors (Lipinski definition) is 5. The van der Waals surface area contributed by atoms with E-state index >= 15 is 0 Å². The minimum Gasteiger partial charge on any atom is -0.389 e. The second-order valence-electron chi connectivity index (χ2n) is 9.20. The SMILES string of the molecule is CN(CC(C)(C)NCC(O)COC1(C)CC=CS1)C(c1ccccc1)c1ccccc1.Cl.Cl. The number of aliphatic hydroxyl groups excluding tert-OH is 1. The average molecular weight is 514 g/mol. The van der Waals surface area contributed by atoms with Gasteiger partial charge in [-0.25, -0.2) is 0 Å². The van der Waals surface area contributed by atoms with Gasteiger partial charge in [-0.05, 0) is 44.4 Å². The third-order valence-corrected chi connectivity index (χ3v) is 6.73. The molecule has 1 aliphatic rings. The first-order valence-electron chi connectivity index (χ1n) is 11.0. The fraction of sp³-hybridized carbons (Fsp3) is 0.462. The number of rotatable bonds is 11. The van der Waals surface area contributed by atoms with E-state index in [-0.39, 0.29) is 41.3 Å². The van der Waals surface area contributed by atoms with Gasteiger partial charge in [0.2, 0.25) is 0 Å². The summed E-state index contributed by atoms with van der Waals surface area (Å²) in [5.74, 6) is 0. The third kappa shape index (κ3) is 9.25. The maximum absolute atomic E-state index is 10.5. The van der Waals surface area contributed by atoms with Crippen LogP contribution in [0.4, 0.5) is 0 Å². The summed E-state index contributed by atoms with van der Waals surface area (Å²) in [6.07, 6.45) is 2.46. The Balaban J connectivity index is 0.00000272. The third-order valence-electron chi connectivity index (χ3n) is 5.62. The van der Waals surface area contributed by atoms with Crippen LogP contribution in [0.2, 0.25) is 0 Å². The lowest BCUT2D eigenvalue weighted by atomic mass is 9.95. The first-order valence-corrected chi connectivity index (χ1v) is 11.9. The molecular formula is C26H38Cl2N2O2S. The minimum atomic E-state index is -0.540. The largest absolute Gasteiger partial charge is 0.389 e. The predicted octanol–water partition coefficient (Wildman–Crippen LogP) is 5.66. The molecule has 0 bridgehead atoms. The molecule has 2 aromatic rings. The lowest BCUT2D eigenvalue weighted by Gasteiger charge is -2.37. The van der Waals surface area contributed by atoms with Crippen LogP contribution in [0.1, 0.15) is 44.4 Å². The van der Waals surface area contributed by atoms with Crippen LogP contribution < -0.4 is 5.32 Å². The molecule has 7 heteroatoms. The number of likely N-dealkylation sites (N-methyl/N-ethyl adjacent to an activating group) is 1. The van der Waals surface area contributed by atoms with Gasteiger partial charge in [-0.1, -0.05) is 78.5 Å². The van der Waals surface area contributed by atoms with Crippen LogP contribution >= 0.6 is 36.6 Å². The Kier molecular flexibility index (Phi) is 12.5. The van der Waals surface area contributed by atoms with Crippen molar-refractivity contribution in [2.24, 2.45) is 0 Å². The second-order valence-corrected chi connectivity index (χ2v) is 10.6. The summed E-state index contributed by atoms with van der Waals surface area (Å²) in [5.41, 5.74) is 2.37. The number of hydrogen-bond donors (Lipinski definition) is 2. The lowest BCUT2D eigenvalue weighted by Crippen LogP contribution is -2.51. The van der Waals surface area contributed by atoms with Crippen molar-refractivity contribution in [1.82, 2.24) is 10.2 Å². The van der Waals surface area contributed by atoms with Gasteiger partial charge in [-0.3, -0.25) is 4.90 Å². The highest BCUT2D eigenvalue weighted by molar-refractivity contribution is 8.03. The lowest BCUT2D eigenvalue weighted by molar-refractivity contribution is -0.0181. The van der Waals surface area contributed by atoms with Crippen molar-refractivity contribution in [3.05, 3.63) is 83.3 Å². The molecule has 33 heavy (non-hydrogen) atoms. The van der Waals surface area contributed by atoms with Crippen molar-refractivity contribution >= 4 is 36.6 Å². The van der Waals surface area contributed by atoms with Gasteiger partial charge >= 0.3 is 0 Å². The molecule has 2 unspecified atom stereocenters. The predicted molar refractivity (Wildman–Crippen MR) is 146 cm³/mol. The first kappa shape index (κ1) is 30.0. The second kappa shape index (κ2) is 13.7. The number of halogens is 2. The summed E-state index contributed by atoms with van der Waals surface area (Å²) in [4.78, 5) is 2.14. The van der Waals surface area contributed by atoms with Crippen LogP contribution in [-0.4, -0.2) is 53.3 Å². The van der Waals surface area contributed by atoms with E-state index in [9.17, 15) is 5.11 Å². The Morgan fingerprint density at radius 3 is 2.09 bits per heavy atom. The fourth-order valence-corrected chi connectivity index (χ4v) is 4.87.